The second-order valence-electron chi connectivity index (χ2n) is 9.47. The van der Waals surface area contributed by atoms with Gasteiger partial charge < -0.3 is 14.4 Å². The summed E-state index contributed by atoms with van der Waals surface area (Å²) in [5, 5.41) is 0. The molecule has 2 heterocycles. The summed E-state index contributed by atoms with van der Waals surface area (Å²) in [6.45, 7) is 9.25. The molecule has 2 amide bonds. The molecule has 0 fully saturated rings. The van der Waals surface area contributed by atoms with Gasteiger partial charge in [-0.3, -0.25) is 9.59 Å². The highest BCUT2D eigenvalue weighted by Crippen LogP contribution is 2.33. The first kappa shape index (κ1) is 23.7. The molecule has 1 unspecified atom stereocenters. The van der Waals surface area contributed by atoms with Crippen LogP contribution in [0.15, 0.2) is 66.9 Å². The van der Waals surface area contributed by atoms with Gasteiger partial charge in [0.2, 0.25) is 5.91 Å². The Morgan fingerprint density at radius 1 is 1.00 bits per heavy atom. The van der Waals surface area contributed by atoms with Crippen LogP contribution in [-0.4, -0.2) is 45.3 Å². The van der Waals surface area contributed by atoms with Crippen molar-refractivity contribution in [2.24, 2.45) is 0 Å². The lowest BCUT2D eigenvalue weighted by Gasteiger charge is -2.39. The van der Waals surface area contributed by atoms with Crippen LogP contribution in [0.3, 0.4) is 0 Å². The SMILES string of the molecule is CC(C)c1ccc(C2c3cccn3CCN2C(=O)CN(C(=O)c2cccc(F)c2)C(C)C)cc1. The Balaban J connectivity index is 1.63. The second kappa shape index (κ2) is 9.84. The van der Waals surface area contributed by atoms with Gasteiger partial charge in [0, 0.05) is 36.6 Å². The molecule has 0 radical (unpaired) electrons. The van der Waals surface area contributed by atoms with Gasteiger partial charge in [0.25, 0.3) is 5.91 Å². The van der Waals surface area contributed by atoms with Gasteiger partial charge in [-0.15, -0.1) is 0 Å². The summed E-state index contributed by atoms with van der Waals surface area (Å²) in [6.07, 6.45) is 2.04. The molecule has 1 atom stereocenters. The van der Waals surface area contributed by atoms with E-state index in [4.69, 9.17) is 0 Å². The van der Waals surface area contributed by atoms with Crippen molar-refractivity contribution in [3.8, 4) is 0 Å². The number of halogens is 1. The summed E-state index contributed by atoms with van der Waals surface area (Å²) in [5.74, 6) is -0.511. The van der Waals surface area contributed by atoms with E-state index in [1.54, 1.807) is 6.07 Å². The fourth-order valence-corrected chi connectivity index (χ4v) is 4.58. The highest BCUT2D eigenvalue weighted by atomic mass is 19.1. The van der Waals surface area contributed by atoms with Crippen LogP contribution in [0, 0.1) is 5.82 Å². The molecule has 0 aliphatic carbocycles. The quantitative estimate of drug-likeness (QED) is 0.504. The number of carbonyl (C=O) groups excluding carboxylic acids is 2. The zero-order valence-corrected chi connectivity index (χ0v) is 20.2. The average Bonchev–Trinajstić information content (AvgIpc) is 3.30. The Kier molecular flexibility index (Phi) is 6.87. The minimum atomic E-state index is -0.470. The third-order valence-electron chi connectivity index (χ3n) is 6.54. The molecular formula is C28H32FN3O2. The number of benzene rings is 2. The highest BCUT2D eigenvalue weighted by Gasteiger charge is 2.34. The third-order valence-corrected chi connectivity index (χ3v) is 6.54. The molecule has 2 aromatic carbocycles. The van der Waals surface area contributed by atoms with Crippen molar-refractivity contribution >= 4 is 11.8 Å². The summed E-state index contributed by atoms with van der Waals surface area (Å²) in [4.78, 5) is 30.2. The van der Waals surface area contributed by atoms with Gasteiger partial charge >= 0.3 is 0 Å². The van der Waals surface area contributed by atoms with E-state index in [1.807, 2.05) is 31.0 Å². The van der Waals surface area contributed by atoms with E-state index in [0.29, 0.717) is 19.0 Å². The van der Waals surface area contributed by atoms with Crippen LogP contribution >= 0.6 is 0 Å². The zero-order valence-electron chi connectivity index (χ0n) is 20.2. The molecule has 34 heavy (non-hydrogen) atoms. The number of carbonyl (C=O) groups is 2. The van der Waals surface area contributed by atoms with Crippen molar-refractivity contribution in [2.45, 2.75) is 52.2 Å². The number of amides is 2. The van der Waals surface area contributed by atoms with E-state index in [-0.39, 0.29) is 36.0 Å². The molecule has 0 saturated carbocycles. The van der Waals surface area contributed by atoms with Crippen molar-refractivity contribution < 1.29 is 14.0 Å². The molecule has 4 rings (SSSR count). The van der Waals surface area contributed by atoms with Crippen LogP contribution < -0.4 is 0 Å². The number of hydrogen-bond acceptors (Lipinski definition) is 2. The minimum absolute atomic E-state index is 0.0612. The fourth-order valence-electron chi connectivity index (χ4n) is 4.58. The minimum Gasteiger partial charge on any atom is -0.348 e. The number of rotatable bonds is 6. The van der Waals surface area contributed by atoms with Gasteiger partial charge in [-0.1, -0.05) is 44.2 Å². The zero-order chi connectivity index (χ0) is 24.4. The fraction of sp³-hybridized carbons (Fsp3) is 0.357. The Labute approximate surface area is 200 Å². The molecule has 0 N–H and O–H groups in total. The summed E-state index contributed by atoms with van der Waals surface area (Å²) in [6, 6.07) is 17.7. The molecule has 0 spiro atoms. The van der Waals surface area contributed by atoms with Crippen molar-refractivity contribution in [2.75, 3.05) is 13.1 Å². The van der Waals surface area contributed by atoms with Gasteiger partial charge in [0.15, 0.2) is 0 Å². The van der Waals surface area contributed by atoms with Crippen LogP contribution in [0.2, 0.25) is 0 Å². The topological polar surface area (TPSA) is 45.6 Å². The smallest absolute Gasteiger partial charge is 0.254 e. The molecule has 1 aliphatic heterocycles. The first-order valence-electron chi connectivity index (χ1n) is 11.9. The highest BCUT2D eigenvalue weighted by molar-refractivity contribution is 5.96. The largest absolute Gasteiger partial charge is 0.348 e. The molecule has 1 aromatic heterocycles. The van der Waals surface area contributed by atoms with Crippen molar-refractivity contribution in [1.29, 1.82) is 0 Å². The number of nitrogens with zero attached hydrogens (tertiary/aromatic N) is 3. The lowest BCUT2D eigenvalue weighted by molar-refractivity contribution is -0.135. The van der Waals surface area contributed by atoms with Crippen LogP contribution in [-0.2, 0) is 11.3 Å². The van der Waals surface area contributed by atoms with Gasteiger partial charge in [-0.2, -0.15) is 0 Å². The van der Waals surface area contributed by atoms with Crippen LogP contribution in [0.4, 0.5) is 4.39 Å². The van der Waals surface area contributed by atoms with Crippen molar-refractivity contribution in [3.05, 3.63) is 95.1 Å². The maximum atomic E-state index is 13.7. The van der Waals surface area contributed by atoms with Crippen LogP contribution in [0.25, 0.3) is 0 Å². The van der Waals surface area contributed by atoms with Crippen molar-refractivity contribution in [1.82, 2.24) is 14.4 Å². The molecule has 5 nitrogen and oxygen atoms in total. The summed E-state index contributed by atoms with van der Waals surface area (Å²) in [5.41, 5.74) is 3.60. The lowest BCUT2D eigenvalue weighted by atomic mass is 9.95. The first-order chi connectivity index (χ1) is 16.3. The van der Waals surface area contributed by atoms with E-state index in [2.05, 4.69) is 48.7 Å². The summed E-state index contributed by atoms with van der Waals surface area (Å²) < 4.78 is 15.9. The number of aromatic nitrogens is 1. The van der Waals surface area contributed by atoms with Gasteiger partial charge in [0.1, 0.15) is 12.4 Å². The van der Waals surface area contributed by atoms with Gasteiger partial charge in [0.05, 0.1) is 6.04 Å². The number of fused-ring (bicyclic) bond motifs is 1. The average molecular weight is 462 g/mol. The predicted octanol–water partition coefficient (Wildman–Crippen LogP) is 5.23. The Morgan fingerprint density at radius 3 is 2.38 bits per heavy atom. The normalized spacial score (nSPS) is 15.5. The van der Waals surface area contributed by atoms with Crippen LogP contribution in [0.1, 0.15) is 66.8 Å². The number of hydrogen-bond donors (Lipinski definition) is 0. The molecule has 0 saturated heterocycles. The van der Waals surface area contributed by atoms with Crippen LogP contribution in [0.5, 0.6) is 0 Å². The van der Waals surface area contributed by atoms with E-state index in [9.17, 15) is 14.0 Å². The first-order valence-corrected chi connectivity index (χ1v) is 11.9. The molecule has 6 heteroatoms. The Bertz CT molecular complexity index is 1170. The van der Waals surface area contributed by atoms with E-state index in [1.165, 1.54) is 28.7 Å². The van der Waals surface area contributed by atoms with Gasteiger partial charge in [-0.05, 0) is 61.2 Å². The maximum Gasteiger partial charge on any atom is 0.254 e. The lowest BCUT2D eigenvalue weighted by Crippen LogP contribution is -2.49. The summed E-state index contributed by atoms with van der Waals surface area (Å²) >= 11 is 0. The molecular weight excluding hydrogens is 429 g/mol. The Morgan fingerprint density at radius 2 is 1.74 bits per heavy atom. The van der Waals surface area contributed by atoms with E-state index in [0.717, 1.165) is 11.3 Å². The monoisotopic (exact) mass is 461 g/mol. The Hall–Kier alpha value is -3.41. The molecule has 0 bridgehead atoms. The molecule has 178 valence electrons. The van der Waals surface area contributed by atoms with E-state index < -0.39 is 5.82 Å². The van der Waals surface area contributed by atoms with Gasteiger partial charge in [-0.25, -0.2) is 4.39 Å². The molecule has 3 aromatic rings. The van der Waals surface area contributed by atoms with Crippen molar-refractivity contribution in [3.63, 3.8) is 0 Å². The maximum absolute atomic E-state index is 13.7. The standard InChI is InChI=1S/C28H32FN3O2/c1-19(2)21-10-12-22(13-11-21)27-25-9-6-14-30(25)15-16-31(27)26(33)18-32(20(3)4)28(34)23-7-5-8-24(29)17-23/h5-14,17,19-20,27H,15-16,18H2,1-4H3. The molecule has 1 aliphatic rings. The second-order valence-corrected chi connectivity index (χ2v) is 9.47. The predicted molar refractivity (Wildman–Crippen MR) is 131 cm³/mol. The van der Waals surface area contributed by atoms with E-state index >= 15 is 0 Å². The third kappa shape index (κ3) is 4.76. The summed E-state index contributed by atoms with van der Waals surface area (Å²) in [7, 11) is 0.